The number of hydrogen-bond donors (Lipinski definition) is 2. The Morgan fingerprint density at radius 1 is 1.08 bits per heavy atom. The molecule has 1 amide bonds. The molecule has 2 rings (SSSR count). The molecule has 0 saturated heterocycles. The lowest BCUT2D eigenvalue weighted by Crippen LogP contribution is -2.24. The molecule has 4 nitrogen and oxygen atoms in total. The first-order valence-corrected chi connectivity index (χ1v) is 8.00. The van der Waals surface area contributed by atoms with Crippen molar-refractivity contribution in [1.82, 2.24) is 0 Å². The maximum Gasteiger partial charge on any atom is 0.417 e. The van der Waals surface area contributed by atoms with Crippen molar-refractivity contribution in [3.63, 3.8) is 0 Å². The summed E-state index contributed by atoms with van der Waals surface area (Å²) in [7, 11) is 0. The molecule has 0 aromatic heterocycles. The lowest BCUT2D eigenvalue weighted by atomic mass is 10.0. The van der Waals surface area contributed by atoms with Crippen LogP contribution in [0.2, 0.25) is 0 Å². The van der Waals surface area contributed by atoms with Crippen LogP contribution in [0.5, 0.6) is 0 Å². The van der Waals surface area contributed by atoms with Gasteiger partial charge >= 0.3 is 6.18 Å². The SMILES string of the molecule is Cc1ccc(Sc2cc(C)c(C(=O)N=C(N)N)cc2C(F)(F)F)cc1. The Bertz CT molecular complexity index is 826. The third kappa shape index (κ3) is 4.76. The highest BCUT2D eigenvalue weighted by atomic mass is 32.2. The summed E-state index contributed by atoms with van der Waals surface area (Å²) in [5.74, 6) is -1.41. The molecule has 2 aromatic rings. The molecule has 0 fully saturated rings. The molecule has 0 atom stereocenters. The van der Waals surface area contributed by atoms with E-state index in [2.05, 4.69) is 4.99 Å². The van der Waals surface area contributed by atoms with Crippen LogP contribution >= 0.6 is 11.8 Å². The zero-order valence-electron chi connectivity index (χ0n) is 13.5. The van der Waals surface area contributed by atoms with E-state index in [1.807, 2.05) is 19.1 Å². The molecular formula is C17H16F3N3OS. The van der Waals surface area contributed by atoms with E-state index in [9.17, 15) is 18.0 Å². The van der Waals surface area contributed by atoms with Gasteiger partial charge in [0.15, 0.2) is 5.96 Å². The topological polar surface area (TPSA) is 81.5 Å². The minimum atomic E-state index is -4.62. The number of rotatable bonds is 3. The van der Waals surface area contributed by atoms with E-state index in [1.165, 1.54) is 13.0 Å². The average molecular weight is 367 g/mol. The van der Waals surface area contributed by atoms with Crippen LogP contribution in [-0.4, -0.2) is 11.9 Å². The van der Waals surface area contributed by atoms with E-state index in [0.29, 0.717) is 10.5 Å². The van der Waals surface area contributed by atoms with Crippen molar-refractivity contribution < 1.29 is 18.0 Å². The predicted octanol–water partition coefficient (Wildman–Crippen LogP) is 3.89. The van der Waals surface area contributed by atoms with Crippen LogP contribution in [0.4, 0.5) is 13.2 Å². The van der Waals surface area contributed by atoms with Crippen molar-refractivity contribution in [2.45, 2.75) is 29.8 Å². The third-order valence-corrected chi connectivity index (χ3v) is 4.41. The van der Waals surface area contributed by atoms with E-state index in [1.54, 1.807) is 12.1 Å². The number of carbonyl (C=O) groups is 1. The second-order valence-corrected chi connectivity index (χ2v) is 6.53. The fraction of sp³-hybridized carbons (Fsp3) is 0.176. The van der Waals surface area contributed by atoms with Crippen LogP contribution in [0.1, 0.15) is 27.0 Å². The van der Waals surface area contributed by atoms with Crippen LogP contribution in [0.3, 0.4) is 0 Å². The van der Waals surface area contributed by atoms with Crippen molar-refractivity contribution in [1.29, 1.82) is 0 Å². The normalized spacial score (nSPS) is 11.2. The largest absolute Gasteiger partial charge is 0.417 e. The van der Waals surface area contributed by atoms with Crippen molar-refractivity contribution >= 4 is 23.6 Å². The fourth-order valence-corrected chi connectivity index (χ4v) is 3.17. The van der Waals surface area contributed by atoms with E-state index in [0.717, 1.165) is 23.4 Å². The number of benzene rings is 2. The summed E-state index contributed by atoms with van der Waals surface area (Å²) in [5, 5.41) is 0. The first-order valence-electron chi connectivity index (χ1n) is 7.18. The van der Waals surface area contributed by atoms with Gasteiger partial charge in [-0.3, -0.25) is 4.79 Å². The number of nitrogens with zero attached hydrogens (tertiary/aromatic N) is 1. The lowest BCUT2D eigenvalue weighted by molar-refractivity contribution is -0.139. The van der Waals surface area contributed by atoms with Gasteiger partial charge in [-0.05, 0) is 43.7 Å². The number of hydrogen-bond acceptors (Lipinski definition) is 2. The molecule has 0 spiro atoms. The molecule has 8 heteroatoms. The Kier molecular flexibility index (Phi) is 5.42. The number of amides is 1. The summed E-state index contributed by atoms with van der Waals surface area (Å²) >= 11 is 0.982. The molecule has 132 valence electrons. The molecular weight excluding hydrogens is 351 g/mol. The van der Waals surface area contributed by atoms with Crippen LogP contribution in [0.25, 0.3) is 0 Å². The van der Waals surface area contributed by atoms with Crippen molar-refractivity contribution in [2.24, 2.45) is 16.5 Å². The van der Waals surface area contributed by atoms with Crippen LogP contribution in [0.15, 0.2) is 51.2 Å². The summed E-state index contributed by atoms with van der Waals surface area (Å²) in [6.07, 6.45) is -4.62. The van der Waals surface area contributed by atoms with E-state index >= 15 is 0 Å². The number of aliphatic imine (C=N–C) groups is 1. The number of carbonyl (C=O) groups excluding carboxylic acids is 1. The highest BCUT2D eigenvalue weighted by Gasteiger charge is 2.35. The van der Waals surface area contributed by atoms with Crippen molar-refractivity contribution in [3.05, 3.63) is 58.7 Å². The summed E-state index contributed by atoms with van der Waals surface area (Å²) in [6.45, 7) is 3.43. The van der Waals surface area contributed by atoms with Gasteiger partial charge in [0.2, 0.25) is 0 Å². The van der Waals surface area contributed by atoms with Crippen molar-refractivity contribution in [3.8, 4) is 0 Å². The standard InChI is InChI=1S/C17H16F3N3OS/c1-9-3-5-11(6-4-9)25-14-7-10(2)12(15(24)23-16(21)22)8-13(14)17(18,19)20/h3-8H,1-2H3,(H4,21,22,23,24). The van der Waals surface area contributed by atoms with E-state index in [-0.39, 0.29) is 10.5 Å². The second-order valence-electron chi connectivity index (χ2n) is 5.42. The minimum absolute atomic E-state index is 0.00935. The Balaban J connectivity index is 2.53. The van der Waals surface area contributed by atoms with Gasteiger partial charge in [-0.15, -0.1) is 0 Å². The van der Waals surface area contributed by atoms with Crippen molar-refractivity contribution in [2.75, 3.05) is 0 Å². The summed E-state index contributed by atoms with van der Waals surface area (Å²) < 4.78 is 40.3. The Labute approximate surface area is 147 Å². The van der Waals surface area contributed by atoms with Gasteiger partial charge in [-0.2, -0.15) is 18.2 Å². The van der Waals surface area contributed by atoms with Crippen LogP contribution in [0, 0.1) is 13.8 Å². The molecule has 0 heterocycles. The number of alkyl halides is 3. The fourth-order valence-electron chi connectivity index (χ4n) is 2.13. The minimum Gasteiger partial charge on any atom is -0.370 e. The number of guanidine groups is 1. The van der Waals surface area contributed by atoms with Gasteiger partial charge in [0, 0.05) is 15.4 Å². The highest BCUT2D eigenvalue weighted by molar-refractivity contribution is 7.99. The predicted molar refractivity (Wildman–Crippen MR) is 91.6 cm³/mol. The van der Waals surface area contributed by atoms with Gasteiger partial charge in [0.1, 0.15) is 0 Å². The van der Waals surface area contributed by atoms with Gasteiger partial charge in [-0.25, -0.2) is 0 Å². The molecule has 0 unspecified atom stereocenters. The molecule has 2 aromatic carbocycles. The van der Waals surface area contributed by atoms with Gasteiger partial charge < -0.3 is 11.5 Å². The Morgan fingerprint density at radius 2 is 1.68 bits per heavy atom. The first kappa shape index (κ1) is 18.9. The monoisotopic (exact) mass is 367 g/mol. The third-order valence-electron chi connectivity index (χ3n) is 3.34. The van der Waals surface area contributed by atoms with E-state index < -0.39 is 23.6 Å². The zero-order chi connectivity index (χ0) is 18.8. The molecule has 0 aliphatic rings. The molecule has 0 radical (unpaired) electrons. The first-order chi connectivity index (χ1) is 11.6. The maximum atomic E-state index is 13.4. The molecule has 0 aliphatic carbocycles. The lowest BCUT2D eigenvalue weighted by Gasteiger charge is -2.15. The Morgan fingerprint density at radius 3 is 2.20 bits per heavy atom. The summed E-state index contributed by atoms with van der Waals surface area (Å²) in [6, 6.07) is 9.24. The molecule has 0 aliphatic heterocycles. The zero-order valence-corrected chi connectivity index (χ0v) is 14.3. The second kappa shape index (κ2) is 7.18. The number of aryl methyl sites for hydroxylation is 2. The average Bonchev–Trinajstić information content (AvgIpc) is 2.47. The van der Waals surface area contributed by atoms with Gasteiger partial charge in [0.25, 0.3) is 5.91 Å². The quantitative estimate of drug-likeness (QED) is 0.637. The Hall–Kier alpha value is -2.48. The maximum absolute atomic E-state index is 13.4. The highest BCUT2D eigenvalue weighted by Crippen LogP contribution is 2.41. The molecule has 0 saturated carbocycles. The van der Waals surface area contributed by atoms with E-state index in [4.69, 9.17) is 11.5 Å². The summed E-state index contributed by atoms with van der Waals surface area (Å²) in [5.41, 5.74) is 10.5. The molecule has 0 bridgehead atoms. The van der Waals surface area contributed by atoms with Crippen LogP contribution in [-0.2, 0) is 6.18 Å². The molecule has 25 heavy (non-hydrogen) atoms. The van der Waals surface area contributed by atoms with Gasteiger partial charge in [-0.1, -0.05) is 29.5 Å². The smallest absolute Gasteiger partial charge is 0.370 e. The van der Waals surface area contributed by atoms with Crippen LogP contribution < -0.4 is 11.5 Å². The summed E-state index contributed by atoms with van der Waals surface area (Å²) in [4.78, 5) is 15.9. The number of halogens is 3. The molecule has 4 N–H and O–H groups in total. The van der Waals surface area contributed by atoms with Gasteiger partial charge in [0.05, 0.1) is 5.56 Å². The number of nitrogens with two attached hydrogens (primary N) is 2.